The molecule has 0 saturated carbocycles. The Balaban J connectivity index is 2.02. The molecule has 1 N–H and O–H groups in total. The van der Waals surface area contributed by atoms with E-state index in [9.17, 15) is 5.11 Å². The van der Waals surface area contributed by atoms with Crippen LogP contribution < -0.4 is 0 Å². The lowest BCUT2D eigenvalue weighted by Crippen LogP contribution is -1.99. The second-order valence-electron chi connectivity index (χ2n) is 15.8. The highest BCUT2D eigenvalue weighted by molar-refractivity contribution is 5.39. The van der Waals surface area contributed by atoms with Crippen LogP contribution in [0.4, 0.5) is 0 Å². The molecule has 276 valence electrons. The first-order chi connectivity index (χ1) is 23.1. The van der Waals surface area contributed by atoms with E-state index in [0.29, 0.717) is 17.6 Å². The molecule has 0 radical (unpaired) electrons. The van der Waals surface area contributed by atoms with Crippen molar-refractivity contribution in [3.05, 3.63) is 29.3 Å². The van der Waals surface area contributed by atoms with Crippen LogP contribution in [0.3, 0.4) is 0 Å². The summed E-state index contributed by atoms with van der Waals surface area (Å²) >= 11 is 0. The van der Waals surface area contributed by atoms with Gasteiger partial charge in [0.1, 0.15) is 5.75 Å². The predicted octanol–water partition coefficient (Wildman–Crippen LogP) is 16.9. The van der Waals surface area contributed by atoms with Crippen molar-refractivity contribution in [1.82, 2.24) is 0 Å². The minimum atomic E-state index is 0.448. The van der Waals surface area contributed by atoms with Gasteiger partial charge in [-0.05, 0) is 41.9 Å². The quantitative estimate of drug-likeness (QED) is 0.0714. The topological polar surface area (TPSA) is 20.2 Å². The highest BCUT2D eigenvalue weighted by atomic mass is 16.3. The summed E-state index contributed by atoms with van der Waals surface area (Å²) in [5.41, 5.74) is 2.61. The lowest BCUT2D eigenvalue weighted by Gasteiger charge is -2.18. The van der Waals surface area contributed by atoms with E-state index in [-0.39, 0.29) is 0 Å². The number of phenols is 1. The zero-order valence-corrected chi connectivity index (χ0v) is 32.9. The largest absolute Gasteiger partial charge is 0.508 e. The Hall–Kier alpha value is -0.980. The molecule has 0 bridgehead atoms. The molecule has 1 heteroatoms. The van der Waals surface area contributed by atoms with Crippen LogP contribution in [0.2, 0.25) is 0 Å². The Morgan fingerprint density at radius 1 is 0.383 bits per heavy atom. The highest BCUT2D eigenvalue weighted by Crippen LogP contribution is 2.34. The van der Waals surface area contributed by atoms with Crippen LogP contribution in [0.1, 0.15) is 269 Å². The third-order valence-electron chi connectivity index (χ3n) is 11.1. The smallest absolute Gasteiger partial charge is 0.119 e. The summed E-state index contributed by atoms with van der Waals surface area (Å²) in [6, 6.07) is 6.49. The average Bonchev–Trinajstić information content (AvgIpc) is 3.07. The van der Waals surface area contributed by atoms with Crippen molar-refractivity contribution in [2.24, 2.45) is 0 Å². The van der Waals surface area contributed by atoms with Gasteiger partial charge in [0.2, 0.25) is 0 Å². The van der Waals surface area contributed by atoms with Crippen LogP contribution in [-0.2, 0) is 0 Å². The van der Waals surface area contributed by atoms with Crippen molar-refractivity contribution in [3.8, 4) is 5.75 Å². The zero-order chi connectivity index (χ0) is 34.0. The third kappa shape index (κ3) is 26.5. The number of hydrogen-bond acceptors (Lipinski definition) is 1. The number of hydrogen-bond donors (Lipinski definition) is 1. The van der Waals surface area contributed by atoms with Crippen LogP contribution in [-0.4, -0.2) is 5.11 Å². The molecule has 0 aliphatic rings. The van der Waals surface area contributed by atoms with E-state index in [1.807, 2.05) is 6.07 Å². The zero-order valence-electron chi connectivity index (χ0n) is 32.9. The van der Waals surface area contributed by atoms with Gasteiger partial charge in [-0.2, -0.15) is 0 Å². The first-order valence-electron chi connectivity index (χ1n) is 21.9. The first-order valence-corrected chi connectivity index (χ1v) is 21.9. The van der Waals surface area contributed by atoms with E-state index in [0.717, 1.165) is 0 Å². The minimum absolute atomic E-state index is 0.448. The van der Waals surface area contributed by atoms with Gasteiger partial charge in [0.15, 0.2) is 0 Å². The maximum atomic E-state index is 10.6. The van der Waals surface area contributed by atoms with Crippen molar-refractivity contribution in [2.75, 3.05) is 0 Å². The van der Waals surface area contributed by atoms with E-state index in [4.69, 9.17) is 0 Å². The SMILES string of the molecule is CCCCCCCCCCCCCCCCCCC(C)c1ccc(O)c(C(C)CCCCCCCCCCCCCCCCCC)c1. The Kier molecular flexibility index (Phi) is 31.4. The molecule has 0 spiro atoms. The van der Waals surface area contributed by atoms with Gasteiger partial charge in [0, 0.05) is 0 Å². The Morgan fingerprint density at radius 2 is 0.660 bits per heavy atom. The fourth-order valence-corrected chi connectivity index (χ4v) is 7.59. The standard InChI is InChI=1S/C46H86O/c1-5-7-9-11-13-15-17-19-21-23-25-27-29-31-33-35-37-42(3)44-39-40-46(47)45(41-44)43(4)38-36-34-32-30-28-26-24-22-20-18-16-14-12-10-8-6-2/h39-43,47H,5-38H2,1-4H3. The van der Waals surface area contributed by atoms with Gasteiger partial charge in [-0.15, -0.1) is 0 Å². The Morgan fingerprint density at radius 3 is 0.979 bits per heavy atom. The summed E-state index contributed by atoms with van der Waals surface area (Å²) in [7, 11) is 0. The molecule has 47 heavy (non-hydrogen) atoms. The van der Waals surface area contributed by atoms with E-state index in [2.05, 4.69) is 39.8 Å². The van der Waals surface area contributed by atoms with Gasteiger partial charge < -0.3 is 5.11 Å². The molecule has 1 aromatic rings. The van der Waals surface area contributed by atoms with Crippen LogP contribution in [0.25, 0.3) is 0 Å². The van der Waals surface area contributed by atoms with Crippen molar-refractivity contribution >= 4 is 0 Å². The lowest BCUT2D eigenvalue weighted by molar-refractivity contribution is 0.456. The van der Waals surface area contributed by atoms with Gasteiger partial charge in [0.25, 0.3) is 0 Å². The molecular formula is C46H86O. The molecule has 2 atom stereocenters. The Bertz CT molecular complexity index is 768. The molecule has 1 rings (SSSR count). The van der Waals surface area contributed by atoms with Gasteiger partial charge in [-0.1, -0.05) is 245 Å². The minimum Gasteiger partial charge on any atom is -0.508 e. The Labute approximate surface area is 297 Å². The number of unbranched alkanes of at least 4 members (excludes halogenated alkanes) is 30. The van der Waals surface area contributed by atoms with Crippen LogP contribution in [0.15, 0.2) is 18.2 Å². The van der Waals surface area contributed by atoms with Gasteiger partial charge in [-0.25, -0.2) is 0 Å². The molecule has 2 unspecified atom stereocenters. The van der Waals surface area contributed by atoms with Gasteiger partial charge in [0.05, 0.1) is 0 Å². The maximum absolute atomic E-state index is 10.6. The van der Waals surface area contributed by atoms with E-state index < -0.39 is 0 Å². The number of aromatic hydroxyl groups is 1. The molecule has 1 aromatic carbocycles. The summed E-state index contributed by atoms with van der Waals surface area (Å²) in [5, 5.41) is 10.6. The molecule has 0 saturated heterocycles. The number of rotatable bonds is 36. The lowest BCUT2D eigenvalue weighted by atomic mass is 9.88. The summed E-state index contributed by atoms with van der Waals surface area (Å²) in [6.07, 6.45) is 48.1. The molecule has 0 aromatic heterocycles. The maximum Gasteiger partial charge on any atom is 0.119 e. The first kappa shape index (κ1) is 44.0. The monoisotopic (exact) mass is 655 g/mol. The number of phenolic OH excluding ortho intramolecular Hbond substituents is 1. The number of benzene rings is 1. The van der Waals surface area contributed by atoms with Crippen LogP contribution >= 0.6 is 0 Å². The van der Waals surface area contributed by atoms with Crippen molar-refractivity contribution < 1.29 is 5.11 Å². The molecule has 0 heterocycles. The molecule has 0 aliphatic heterocycles. The summed E-state index contributed by atoms with van der Waals surface area (Å²) in [6.45, 7) is 9.32. The third-order valence-corrected chi connectivity index (χ3v) is 11.1. The van der Waals surface area contributed by atoms with Crippen molar-refractivity contribution in [3.63, 3.8) is 0 Å². The fraction of sp³-hybridized carbons (Fsp3) is 0.870. The fourth-order valence-electron chi connectivity index (χ4n) is 7.59. The molecule has 0 aliphatic carbocycles. The normalized spacial score (nSPS) is 12.9. The van der Waals surface area contributed by atoms with Crippen molar-refractivity contribution in [1.29, 1.82) is 0 Å². The summed E-state index contributed by atoms with van der Waals surface area (Å²) in [5.74, 6) is 1.54. The van der Waals surface area contributed by atoms with Gasteiger partial charge in [-0.3, -0.25) is 0 Å². The van der Waals surface area contributed by atoms with Gasteiger partial charge >= 0.3 is 0 Å². The van der Waals surface area contributed by atoms with Crippen LogP contribution in [0.5, 0.6) is 5.75 Å². The van der Waals surface area contributed by atoms with Crippen molar-refractivity contribution in [2.45, 2.75) is 258 Å². The van der Waals surface area contributed by atoms with E-state index in [1.54, 1.807) is 0 Å². The van der Waals surface area contributed by atoms with E-state index in [1.165, 1.54) is 229 Å². The molecular weight excluding hydrogens is 569 g/mol. The predicted molar refractivity (Wildman–Crippen MR) is 213 cm³/mol. The summed E-state index contributed by atoms with van der Waals surface area (Å²) in [4.78, 5) is 0. The van der Waals surface area contributed by atoms with E-state index >= 15 is 0 Å². The molecule has 1 nitrogen and oxygen atoms in total. The summed E-state index contributed by atoms with van der Waals surface area (Å²) < 4.78 is 0. The average molecular weight is 655 g/mol. The highest BCUT2D eigenvalue weighted by Gasteiger charge is 2.14. The molecule has 0 amide bonds. The second-order valence-corrected chi connectivity index (χ2v) is 15.8. The second kappa shape index (κ2) is 33.5. The molecule has 0 fully saturated rings. The van der Waals surface area contributed by atoms with Crippen LogP contribution in [0, 0.1) is 0 Å².